The lowest BCUT2D eigenvalue weighted by atomic mass is 10.2. The summed E-state index contributed by atoms with van der Waals surface area (Å²) in [4.78, 5) is 21.0. The zero-order valence-electron chi connectivity index (χ0n) is 16.7. The summed E-state index contributed by atoms with van der Waals surface area (Å²) in [6, 6.07) is 8.21. The van der Waals surface area contributed by atoms with Gasteiger partial charge in [0.1, 0.15) is 10.9 Å². The number of rotatable bonds is 6. The molecule has 1 aliphatic rings. The van der Waals surface area contributed by atoms with Crippen molar-refractivity contribution in [1.82, 2.24) is 14.3 Å². The number of aromatic nitrogens is 2. The third kappa shape index (κ3) is 6.01. The van der Waals surface area contributed by atoms with Gasteiger partial charge in [-0.1, -0.05) is 24.6 Å². The summed E-state index contributed by atoms with van der Waals surface area (Å²) in [5.74, 6) is 0.713. The van der Waals surface area contributed by atoms with Gasteiger partial charge in [-0.3, -0.25) is 4.79 Å². The number of carbonyl (C=O) groups excluding carboxylic acids is 1. The van der Waals surface area contributed by atoms with Crippen molar-refractivity contribution in [2.24, 2.45) is 0 Å². The third-order valence-electron chi connectivity index (χ3n) is 4.63. The summed E-state index contributed by atoms with van der Waals surface area (Å²) in [5.41, 5.74) is 1.43. The molecule has 29 heavy (non-hydrogen) atoms. The molecule has 0 aliphatic carbocycles. The summed E-state index contributed by atoms with van der Waals surface area (Å²) < 4.78 is 27.2. The van der Waals surface area contributed by atoms with Crippen LogP contribution in [0, 0.1) is 13.8 Å². The monoisotopic (exact) mass is 434 g/mol. The first-order valence-electron chi connectivity index (χ1n) is 9.70. The van der Waals surface area contributed by atoms with Crippen LogP contribution in [-0.4, -0.2) is 47.4 Å². The molecule has 1 aromatic heterocycles. The van der Waals surface area contributed by atoms with E-state index in [0.29, 0.717) is 24.6 Å². The lowest BCUT2D eigenvalue weighted by Gasteiger charge is -2.20. The first-order valence-corrected chi connectivity index (χ1v) is 12.1. The fourth-order valence-corrected chi connectivity index (χ4v) is 5.55. The molecule has 0 spiro atoms. The van der Waals surface area contributed by atoms with Crippen molar-refractivity contribution in [1.29, 1.82) is 0 Å². The molecule has 1 N–H and O–H groups in total. The van der Waals surface area contributed by atoms with Gasteiger partial charge in [0.2, 0.25) is 15.9 Å². The SMILES string of the molecule is Cc1cc(SCC(=O)Nc2ccc(S(=O)(=O)N3CCCCCC3)cc2)nc(C)n1. The molecular formula is C20H26N4O3S2. The molecule has 156 valence electrons. The average molecular weight is 435 g/mol. The Morgan fingerprint density at radius 1 is 1.07 bits per heavy atom. The molecule has 0 radical (unpaired) electrons. The van der Waals surface area contributed by atoms with Crippen LogP contribution in [0.3, 0.4) is 0 Å². The molecule has 1 saturated heterocycles. The molecule has 0 atom stereocenters. The van der Waals surface area contributed by atoms with Crippen LogP contribution < -0.4 is 5.32 Å². The highest BCUT2D eigenvalue weighted by Gasteiger charge is 2.24. The second-order valence-corrected chi connectivity index (χ2v) is 10.0. The Kier molecular flexibility index (Phi) is 7.26. The Labute approximate surface area is 176 Å². The Bertz CT molecular complexity index is 934. The third-order valence-corrected chi connectivity index (χ3v) is 7.46. The fraction of sp³-hybridized carbons (Fsp3) is 0.450. The van der Waals surface area contributed by atoms with E-state index in [2.05, 4.69) is 15.3 Å². The van der Waals surface area contributed by atoms with Gasteiger partial charge in [-0.05, 0) is 57.0 Å². The minimum Gasteiger partial charge on any atom is -0.325 e. The average Bonchev–Trinajstić information content (AvgIpc) is 2.96. The molecule has 1 fully saturated rings. The molecule has 1 aliphatic heterocycles. The van der Waals surface area contributed by atoms with Crippen LogP contribution in [0.1, 0.15) is 37.2 Å². The highest BCUT2D eigenvalue weighted by Crippen LogP contribution is 2.22. The van der Waals surface area contributed by atoms with Crippen molar-refractivity contribution in [3.63, 3.8) is 0 Å². The smallest absolute Gasteiger partial charge is 0.243 e. The van der Waals surface area contributed by atoms with Gasteiger partial charge in [0, 0.05) is 24.5 Å². The molecule has 0 bridgehead atoms. The molecule has 0 unspecified atom stereocenters. The predicted molar refractivity (Wildman–Crippen MR) is 115 cm³/mol. The number of anilines is 1. The maximum atomic E-state index is 12.8. The number of aryl methyl sites for hydroxylation is 2. The second-order valence-electron chi connectivity index (χ2n) is 7.07. The van der Waals surface area contributed by atoms with Crippen molar-refractivity contribution in [2.75, 3.05) is 24.2 Å². The van der Waals surface area contributed by atoms with E-state index in [4.69, 9.17) is 0 Å². The van der Waals surface area contributed by atoms with Crippen LogP contribution >= 0.6 is 11.8 Å². The van der Waals surface area contributed by atoms with Crippen molar-refractivity contribution in [2.45, 2.75) is 49.5 Å². The normalized spacial score (nSPS) is 15.7. The summed E-state index contributed by atoms with van der Waals surface area (Å²) in [5, 5.41) is 3.55. The van der Waals surface area contributed by atoms with Gasteiger partial charge in [0.05, 0.1) is 10.6 Å². The van der Waals surface area contributed by atoms with Crippen molar-refractivity contribution < 1.29 is 13.2 Å². The van der Waals surface area contributed by atoms with Crippen molar-refractivity contribution in [3.8, 4) is 0 Å². The molecule has 2 heterocycles. The molecule has 1 aromatic carbocycles. The van der Waals surface area contributed by atoms with E-state index in [0.717, 1.165) is 36.4 Å². The predicted octanol–water partition coefficient (Wildman–Crippen LogP) is 3.39. The van der Waals surface area contributed by atoms with E-state index < -0.39 is 10.0 Å². The minimum absolute atomic E-state index is 0.174. The van der Waals surface area contributed by atoms with E-state index in [1.807, 2.05) is 19.9 Å². The Morgan fingerprint density at radius 2 is 1.72 bits per heavy atom. The minimum atomic E-state index is -3.48. The maximum absolute atomic E-state index is 12.8. The van der Waals surface area contributed by atoms with Crippen LogP contribution in [0.2, 0.25) is 0 Å². The molecular weight excluding hydrogens is 408 g/mol. The van der Waals surface area contributed by atoms with Crippen LogP contribution in [-0.2, 0) is 14.8 Å². The van der Waals surface area contributed by atoms with E-state index in [-0.39, 0.29) is 16.6 Å². The highest BCUT2D eigenvalue weighted by atomic mass is 32.2. The zero-order chi connectivity index (χ0) is 20.9. The number of benzene rings is 1. The van der Waals surface area contributed by atoms with Gasteiger partial charge in [0.25, 0.3) is 0 Å². The van der Waals surface area contributed by atoms with Gasteiger partial charge in [-0.25, -0.2) is 18.4 Å². The number of sulfonamides is 1. The van der Waals surface area contributed by atoms with Crippen LogP contribution in [0.5, 0.6) is 0 Å². The molecule has 1 amide bonds. The maximum Gasteiger partial charge on any atom is 0.243 e. The molecule has 3 rings (SSSR count). The number of nitrogens with one attached hydrogen (secondary N) is 1. The van der Waals surface area contributed by atoms with Crippen LogP contribution in [0.4, 0.5) is 5.69 Å². The highest BCUT2D eigenvalue weighted by molar-refractivity contribution is 7.99. The van der Waals surface area contributed by atoms with E-state index in [1.54, 1.807) is 28.6 Å². The van der Waals surface area contributed by atoms with Gasteiger partial charge >= 0.3 is 0 Å². The van der Waals surface area contributed by atoms with Crippen molar-refractivity contribution in [3.05, 3.63) is 41.9 Å². The Morgan fingerprint density at radius 3 is 2.34 bits per heavy atom. The Balaban J connectivity index is 1.58. The largest absolute Gasteiger partial charge is 0.325 e. The summed E-state index contributed by atoms with van der Waals surface area (Å²) in [6.07, 6.45) is 3.94. The first-order chi connectivity index (χ1) is 13.8. The van der Waals surface area contributed by atoms with E-state index in [9.17, 15) is 13.2 Å². The molecule has 0 saturated carbocycles. The number of thioether (sulfide) groups is 1. The number of hydrogen-bond acceptors (Lipinski definition) is 6. The standard InChI is InChI=1S/C20H26N4O3S2/c1-15-13-20(22-16(2)21-15)28-14-19(25)23-17-7-9-18(10-8-17)29(26,27)24-11-5-3-4-6-12-24/h7-10,13H,3-6,11-12,14H2,1-2H3,(H,23,25). The summed E-state index contributed by atoms with van der Waals surface area (Å²) in [7, 11) is -3.48. The first kappa shape index (κ1) is 21.7. The second kappa shape index (κ2) is 9.69. The van der Waals surface area contributed by atoms with Crippen LogP contribution in [0.25, 0.3) is 0 Å². The van der Waals surface area contributed by atoms with Gasteiger partial charge in [-0.15, -0.1) is 0 Å². The Hall–Kier alpha value is -1.97. The topological polar surface area (TPSA) is 92.3 Å². The molecule has 7 nitrogen and oxygen atoms in total. The van der Waals surface area contributed by atoms with Crippen LogP contribution in [0.15, 0.2) is 40.3 Å². The lowest BCUT2D eigenvalue weighted by Crippen LogP contribution is -2.31. The number of carbonyl (C=O) groups is 1. The zero-order valence-corrected chi connectivity index (χ0v) is 18.4. The van der Waals surface area contributed by atoms with Gasteiger partial charge < -0.3 is 5.32 Å². The van der Waals surface area contributed by atoms with Gasteiger partial charge in [-0.2, -0.15) is 4.31 Å². The fourth-order valence-electron chi connectivity index (χ4n) is 3.23. The molecule has 2 aromatic rings. The van der Waals surface area contributed by atoms with E-state index >= 15 is 0 Å². The quantitative estimate of drug-likeness (QED) is 0.553. The van der Waals surface area contributed by atoms with Gasteiger partial charge in [0.15, 0.2) is 0 Å². The molecule has 9 heteroatoms. The number of hydrogen-bond donors (Lipinski definition) is 1. The number of nitrogens with zero attached hydrogens (tertiary/aromatic N) is 3. The van der Waals surface area contributed by atoms with E-state index in [1.165, 1.54) is 11.8 Å². The number of amides is 1. The van der Waals surface area contributed by atoms with Crippen molar-refractivity contribution >= 4 is 33.4 Å². The summed E-state index contributed by atoms with van der Waals surface area (Å²) in [6.45, 7) is 4.85. The summed E-state index contributed by atoms with van der Waals surface area (Å²) >= 11 is 1.34. The lowest BCUT2D eigenvalue weighted by molar-refractivity contribution is -0.113.